The van der Waals surface area contributed by atoms with Gasteiger partial charge in [0.05, 0.1) is 28.1 Å². The summed E-state index contributed by atoms with van der Waals surface area (Å²) in [5, 5.41) is 15.6. The number of aliphatic hydroxyl groups is 1. The summed E-state index contributed by atoms with van der Waals surface area (Å²) in [6.07, 6.45) is 2.66. The Bertz CT molecular complexity index is 1190. The van der Waals surface area contributed by atoms with Crippen molar-refractivity contribution in [2.24, 2.45) is 11.8 Å². The van der Waals surface area contributed by atoms with Gasteiger partial charge in [-0.3, -0.25) is 14.4 Å². The number of fused-ring (bicyclic) bond motifs is 1. The van der Waals surface area contributed by atoms with Gasteiger partial charge in [0.15, 0.2) is 0 Å². The summed E-state index contributed by atoms with van der Waals surface area (Å²) in [4.78, 5) is 43.1. The van der Waals surface area contributed by atoms with Crippen LogP contribution in [0.4, 0.5) is 11.4 Å². The van der Waals surface area contributed by atoms with Crippen molar-refractivity contribution in [3.8, 4) is 0 Å². The van der Waals surface area contributed by atoms with Crippen molar-refractivity contribution in [3.63, 3.8) is 0 Å². The number of hydrogen-bond acceptors (Lipinski definition) is 5. The quantitative estimate of drug-likeness (QED) is 0.431. The Morgan fingerprint density at radius 2 is 1.78 bits per heavy atom. The van der Waals surface area contributed by atoms with Crippen LogP contribution in [0.5, 0.6) is 0 Å². The molecule has 5 atom stereocenters. The van der Waals surface area contributed by atoms with Gasteiger partial charge < -0.3 is 25.4 Å². The number of rotatable bonds is 9. The highest BCUT2D eigenvalue weighted by atomic mass is 35.5. The fourth-order valence-electron chi connectivity index (χ4n) is 6.56. The number of para-hydroxylation sites is 2. The highest BCUT2D eigenvalue weighted by molar-refractivity contribution is 6.33. The fourth-order valence-corrected chi connectivity index (χ4v) is 6.74. The molecule has 196 valence electrons. The minimum absolute atomic E-state index is 0.00929. The van der Waals surface area contributed by atoms with E-state index < -0.39 is 29.1 Å². The SMILES string of the molecule is CC[C@]12CCC3(O1)C(C(=O)Nc1ccccc1Cl)N(CCCCO)C(=O)[C@@H]3[C@H]2C(=O)Nc1ccccc1. The normalized spacial score (nSPS) is 29.9. The van der Waals surface area contributed by atoms with Crippen LogP contribution in [0.3, 0.4) is 0 Å². The molecule has 3 aliphatic heterocycles. The number of carbonyl (C=O) groups is 3. The number of nitrogens with zero attached hydrogens (tertiary/aromatic N) is 1. The lowest BCUT2D eigenvalue weighted by atomic mass is 9.65. The first-order chi connectivity index (χ1) is 17.9. The van der Waals surface area contributed by atoms with Crippen LogP contribution in [0.2, 0.25) is 5.02 Å². The van der Waals surface area contributed by atoms with Gasteiger partial charge in [-0.05, 0) is 56.4 Å². The average molecular weight is 526 g/mol. The molecule has 0 radical (unpaired) electrons. The van der Waals surface area contributed by atoms with Crippen LogP contribution in [0.1, 0.15) is 39.0 Å². The molecule has 8 nitrogen and oxygen atoms in total. The van der Waals surface area contributed by atoms with Crippen LogP contribution in [-0.2, 0) is 19.1 Å². The third-order valence-corrected chi connectivity index (χ3v) is 8.52. The molecule has 3 amide bonds. The van der Waals surface area contributed by atoms with Crippen molar-refractivity contribution in [1.82, 2.24) is 4.90 Å². The molecule has 3 N–H and O–H groups in total. The van der Waals surface area contributed by atoms with Crippen molar-refractivity contribution in [3.05, 3.63) is 59.6 Å². The van der Waals surface area contributed by atoms with Crippen LogP contribution in [0.15, 0.2) is 54.6 Å². The van der Waals surface area contributed by atoms with Crippen molar-refractivity contribution in [2.75, 3.05) is 23.8 Å². The predicted octanol–water partition coefficient (Wildman–Crippen LogP) is 3.84. The first-order valence-electron chi connectivity index (χ1n) is 12.9. The van der Waals surface area contributed by atoms with E-state index in [4.69, 9.17) is 16.3 Å². The number of nitrogens with one attached hydrogen (secondary N) is 2. The second kappa shape index (κ2) is 10.1. The van der Waals surface area contributed by atoms with Crippen LogP contribution in [0, 0.1) is 11.8 Å². The second-order valence-electron chi connectivity index (χ2n) is 10.1. The van der Waals surface area contributed by atoms with Crippen molar-refractivity contribution >= 4 is 40.7 Å². The smallest absolute Gasteiger partial charge is 0.250 e. The standard InChI is InChI=1S/C28H32ClN3O5/c1-2-27-14-15-28(37-27)22(21(27)24(34)30-18-10-4-3-5-11-18)26(36)32(16-8-9-17-33)23(28)25(35)31-20-13-7-6-12-19(20)29/h3-7,10-13,21-23,33H,2,8-9,14-17H2,1H3,(H,30,34)(H,31,35)/t21-,22-,23?,27+,28?/m0/s1. The van der Waals surface area contributed by atoms with Crippen molar-refractivity contribution in [1.29, 1.82) is 0 Å². The van der Waals surface area contributed by atoms with Gasteiger partial charge in [0.1, 0.15) is 11.6 Å². The van der Waals surface area contributed by atoms with Gasteiger partial charge >= 0.3 is 0 Å². The minimum Gasteiger partial charge on any atom is -0.396 e. The Labute approximate surface area is 221 Å². The number of amides is 3. The highest BCUT2D eigenvalue weighted by Gasteiger charge is 2.78. The van der Waals surface area contributed by atoms with Gasteiger partial charge in [0.2, 0.25) is 17.7 Å². The van der Waals surface area contributed by atoms with Crippen LogP contribution < -0.4 is 10.6 Å². The molecule has 2 aromatic rings. The molecule has 2 aromatic carbocycles. The van der Waals surface area contributed by atoms with Gasteiger partial charge in [0, 0.05) is 18.8 Å². The summed E-state index contributed by atoms with van der Waals surface area (Å²) >= 11 is 6.31. The van der Waals surface area contributed by atoms with Gasteiger partial charge in [-0.2, -0.15) is 0 Å². The number of halogens is 1. The summed E-state index contributed by atoms with van der Waals surface area (Å²) in [5.74, 6) is -2.40. The van der Waals surface area contributed by atoms with Gasteiger partial charge in [-0.15, -0.1) is 0 Å². The van der Waals surface area contributed by atoms with Crippen LogP contribution >= 0.6 is 11.6 Å². The minimum atomic E-state index is -1.11. The average Bonchev–Trinajstić information content (AvgIpc) is 3.50. The number of ether oxygens (including phenoxy) is 1. The van der Waals surface area contributed by atoms with E-state index in [-0.39, 0.29) is 30.9 Å². The van der Waals surface area contributed by atoms with E-state index in [1.165, 1.54) is 0 Å². The zero-order chi connectivity index (χ0) is 26.2. The fraction of sp³-hybridized carbons (Fsp3) is 0.464. The maximum absolute atomic E-state index is 14.0. The van der Waals surface area contributed by atoms with Crippen LogP contribution in [-0.4, -0.2) is 58.1 Å². The zero-order valence-corrected chi connectivity index (χ0v) is 21.5. The first-order valence-corrected chi connectivity index (χ1v) is 13.3. The predicted molar refractivity (Wildman–Crippen MR) is 140 cm³/mol. The largest absolute Gasteiger partial charge is 0.396 e. The van der Waals surface area contributed by atoms with Gasteiger partial charge in [-0.1, -0.05) is 48.9 Å². The molecule has 0 saturated carbocycles. The molecular formula is C28H32ClN3O5. The summed E-state index contributed by atoms with van der Waals surface area (Å²) < 4.78 is 6.73. The molecule has 3 saturated heterocycles. The van der Waals surface area contributed by atoms with E-state index in [9.17, 15) is 19.5 Å². The summed E-state index contributed by atoms with van der Waals surface area (Å²) in [6.45, 7) is 2.24. The van der Waals surface area contributed by atoms with Gasteiger partial charge in [-0.25, -0.2) is 0 Å². The number of benzene rings is 2. The number of unbranched alkanes of at least 4 members (excludes halogenated alkanes) is 1. The number of anilines is 2. The number of carbonyl (C=O) groups excluding carboxylic acids is 3. The third kappa shape index (κ3) is 4.21. The molecule has 9 heteroatoms. The number of hydrogen-bond donors (Lipinski definition) is 3. The Balaban J connectivity index is 1.51. The maximum Gasteiger partial charge on any atom is 0.250 e. The second-order valence-corrected chi connectivity index (χ2v) is 10.5. The first kappa shape index (κ1) is 25.7. The van der Waals surface area contributed by atoms with Crippen LogP contribution in [0.25, 0.3) is 0 Å². The zero-order valence-electron chi connectivity index (χ0n) is 20.8. The molecule has 3 heterocycles. The topological polar surface area (TPSA) is 108 Å². The van der Waals surface area contributed by atoms with E-state index in [2.05, 4.69) is 10.6 Å². The Morgan fingerprint density at radius 1 is 1.05 bits per heavy atom. The Kier molecular flexibility index (Phi) is 7.00. The molecule has 1 spiro atoms. The molecule has 2 unspecified atom stereocenters. The Hall–Kier alpha value is -2.94. The van der Waals surface area contributed by atoms with E-state index in [1.807, 2.05) is 25.1 Å². The lowest BCUT2D eigenvalue weighted by Crippen LogP contribution is -2.53. The number of likely N-dealkylation sites (tertiary alicyclic amines) is 1. The van der Waals surface area contributed by atoms with E-state index >= 15 is 0 Å². The molecule has 2 bridgehead atoms. The lowest BCUT2D eigenvalue weighted by Gasteiger charge is -2.34. The van der Waals surface area contributed by atoms with Gasteiger partial charge in [0.25, 0.3) is 0 Å². The highest BCUT2D eigenvalue weighted by Crippen LogP contribution is 2.64. The molecular weight excluding hydrogens is 494 g/mol. The molecule has 0 aromatic heterocycles. The summed E-state index contributed by atoms with van der Waals surface area (Å²) in [6, 6.07) is 15.2. The molecule has 3 aliphatic rings. The molecule has 5 rings (SSSR count). The summed E-state index contributed by atoms with van der Waals surface area (Å²) in [7, 11) is 0. The molecule has 37 heavy (non-hydrogen) atoms. The van der Waals surface area contributed by atoms with Crippen molar-refractivity contribution in [2.45, 2.75) is 56.3 Å². The maximum atomic E-state index is 14.0. The molecule has 3 fully saturated rings. The monoisotopic (exact) mass is 525 g/mol. The van der Waals surface area contributed by atoms with Crippen molar-refractivity contribution < 1.29 is 24.2 Å². The third-order valence-electron chi connectivity index (χ3n) is 8.19. The van der Waals surface area contributed by atoms with E-state index in [1.54, 1.807) is 41.3 Å². The lowest BCUT2D eigenvalue weighted by molar-refractivity contribution is -0.144. The van der Waals surface area contributed by atoms with E-state index in [0.717, 1.165) is 0 Å². The molecule has 0 aliphatic carbocycles. The Morgan fingerprint density at radius 3 is 2.49 bits per heavy atom. The number of aliphatic hydroxyl groups excluding tert-OH is 1. The summed E-state index contributed by atoms with van der Waals surface area (Å²) in [5.41, 5.74) is -0.836. The van der Waals surface area contributed by atoms with E-state index in [0.29, 0.717) is 48.5 Å².